The van der Waals surface area contributed by atoms with Crippen LogP contribution in [0.1, 0.15) is 16.7 Å². The van der Waals surface area contributed by atoms with Crippen LogP contribution in [-0.4, -0.2) is 49.2 Å². The number of rotatable bonds is 5. The maximum absolute atomic E-state index is 4.16. The van der Waals surface area contributed by atoms with E-state index in [4.69, 9.17) is 0 Å². The lowest BCUT2D eigenvalue weighted by atomic mass is 10.1. The Labute approximate surface area is 150 Å². The molecule has 0 saturated heterocycles. The fraction of sp³-hybridized carbons (Fsp3) is 0.450. The Hall–Kier alpha value is -1.79. The van der Waals surface area contributed by atoms with Crippen molar-refractivity contribution in [2.75, 3.05) is 39.3 Å². The van der Waals surface area contributed by atoms with Crippen molar-refractivity contribution in [2.45, 2.75) is 19.6 Å². The number of fused-ring (bicyclic) bond motifs is 2. The van der Waals surface area contributed by atoms with Crippen LogP contribution in [0.5, 0.6) is 0 Å². The molecule has 0 spiro atoms. The zero-order valence-corrected chi connectivity index (χ0v) is 14.9. The summed E-state index contributed by atoms with van der Waals surface area (Å²) < 4.78 is 0. The Morgan fingerprint density at radius 1 is 1.00 bits per heavy atom. The number of hydrogen-bond donors (Lipinski definition) is 3. The van der Waals surface area contributed by atoms with Crippen LogP contribution >= 0.6 is 0 Å². The molecule has 0 amide bonds. The molecule has 0 atom stereocenters. The average Bonchev–Trinajstić information content (AvgIpc) is 2.65. The minimum atomic E-state index is 0.882. The second-order valence-electron chi connectivity index (χ2n) is 6.55. The molecule has 0 radical (unpaired) electrons. The van der Waals surface area contributed by atoms with Crippen LogP contribution in [0.2, 0.25) is 0 Å². The maximum Gasteiger partial charge on any atom is 0.0312 e. The Bertz CT molecular complexity index is 589. The summed E-state index contributed by atoms with van der Waals surface area (Å²) in [6, 6.07) is 12.9. The average molecular weight is 339 g/mol. The number of benzene rings is 1. The molecular weight excluding hydrogens is 310 g/mol. The smallest absolute Gasteiger partial charge is 0.0312 e. The Morgan fingerprint density at radius 2 is 1.76 bits per heavy atom. The van der Waals surface area contributed by atoms with E-state index < -0.39 is 0 Å². The third-order valence-electron chi connectivity index (χ3n) is 4.52. The SMILES string of the molecule is c1cncc(CNCCN2CCNCc3cccc(c3)CNCC2)c1. The molecule has 134 valence electrons. The molecule has 1 aliphatic rings. The van der Waals surface area contributed by atoms with Gasteiger partial charge in [-0.05, 0) is 22.8 Å². The number of nitrogens with zero attached hydrogens (tertiary/aromatic N) is 2. The van der Waals surface area contributed by atoms with Gasteiger partial charge in [0.25, 0.3) is 0 Å². The van der Waals surface area contributed by atoms with Gasteiger partial charge in [-0.25, -0.2) is 0 Å². The van der Waals surface area contributed by atoms with E-state index in [9.17, 15) is 0 Å². The second-order valence-corrected chi connectivity index (χ2v) is 6.55. The highest BCUT2D eigenvalue weighted by atomic mass is 15.2. The zero-order chi connectivity index (χ0) is 17.2. The Balaban J connectivity index is 1.41. The first-order chi connectivity index (χ1) is 12.4. The van der Waals surface area contributed by atoms with E-state index >= 15 is 0 Å². The van der Waals surface area contributed by atoms with E-state index in [1.165, 1.54) is 16.7 Å². The molecule has 0 unspecified atom stereocenters. The molecule has 5 nitrogen and oxygen atoms in total. The van der Waals surface area contributed by atoms with Crippen molar-refractivity contribution in [3.05, 3.63) is 65.5 Å². The van der Waals surface area contributed by atoms with E-state index in [1.54, 1.807) is 0 Å². The first-order valence-electron chi connectivity index (χ1n) is 9.21. The van der Waals surface area contributed by atoms with Crippen molar-refractivity contribution in [2.24, 2.45) is 0 Å². The first kappa shape index (κ1) is 18.0. The van der Waals surface area contributed by atoms with Crippen LogP contribution in [0.25, 0.3) is 0 Å². The summed E-state index contributed by atoms with van der Waals surface area (Å²) in [5.41, 5.74) is 3.97. The molecule has 1 aromatic carbocycles. The van der Waals surface area contributed by atoms with Gasteiger partial charge < -0.3 is 16.0 Å². The highest BCUT2D eigenvalue weighted by Gasteiger charge is 2.06. The fourth-order valence-corrected chi connectivity index (χ4v) is 3.10. The van der Waals surface area contributed by atoms with Gasteiger partial charge in [0.1, 0.15) is 0 Å². The molecule has 0 aliphatic carbocycles. The third-order valence-corrected chi connectivity index (χ3v) is 4.52. The largest absolute Gasteiger partial charge is 0.311 e. The van der Waals surface area contributed by atoms with Gasteiger partial charge in [0, 0.05) is 71.3 Å². The lowest BCUT2D eigenvalue weighted by Gasteiger charge is -2.23. The van der Waals surface area contributed by atoms with Gasteiger partial charge in [-0.2, -0.15) is 0 Å². The van der Waals surface area contributed by atoms with Gasteiger partial charge in [0.2, 0.25) is 0 Å². The van der Waals surface area contributed by atoms with Crippen molar-refractivity contribution < 1.29 is 0 Å². The highest BCUT2D eigenvalue weighted by Crippen LogP contribution is 2.05. The summed E-state index contributed by atoms with van der Waals surface area (Å²) in [4.78, 5) is 6.68. The van der Waals surface area contributed by atoms with Crippen molar-refractivity contribution in [3.8, 4) is 0 Å². The predicted molar refractivity (Wildman–Crippen MR) is 102 cm³/mol. The monoisotopic (exact) mass is 339 g/mol. The van der Waals surface area contributed by atoms with Gasteiger partial charge in [-0.3, -0.25) is 9.88 Å². The molecule has 1 aromatic heterocycles. The molecule has 3 rings (SSSR count). The van der Waals surface area contributed by atoms with Crippen molar-refractivity contribution in [1.82, 2.24) is 25.8 Å². The Kier molecular flexibility index (Phi) is 7.39. The molecule has 2 bridgehead atoms. The van der Waals surface area contributed by atoms with Crippen LogP contribution in [0.15, 0.2) is 48.8 Å². The molecule has 0 saturated carbocycles. The lowest BCUT2D eigenvalue weighted by Crippen LogP contribution is -2.40. The van der Waals surface area contributed by atoms with Gasteiger partial charge in [0.15, 0.2) is 0 Å². The van der Waals surface area contributed by atoms with E-state index in [2.05, 4.69) is 56.2 Å². The predicted octanol–water partition coefficient (Wildman–Crippen LogP) is 1.37. The summed E-state index contributed by atoms with van der Waals surface area (Å²) in [6.07, 6.45) is 3.74. The molecule has 25 heavy (non-hydrogen) atoms. The summed E-state index contributed by atoms with van der Waals surface area (Å²) >= 11 is 0. The minimum absolute atomic E-state index is 0.882. The van der Waals surface area contributed by atoms with Crippen molar-refractivity contribution in [3.63, 3.8) is 0 Å². The van der Waals surface area contributed by atoms with E-state index in [1.807, 2.05) is 18.5 Å². The Morgan fingerprint density at radius 3 is 2.44 bits per heavy atom. The topological polar surface area (TPSA) is 52.2 Å². The molecular formula is C20H29N5. The maximum atomic E-state index is 4.16. The van der Waals surface area contributed by atoms with Gasteiger partial charge in [-0.1, -0.05) is 30.3 Å². The van der Waals surface area contributed by atoms with Gasteiger partial charge >= 0.3 is 0 Å². The zero-order valence-electron chi connectivity index (χ0n) is 14.9. The number of nitrogens with one attached hydrogen (secondary N) is 3. The van der Waals surface area contributed by atoms with Gasteiger partial charge in [-0.15, -0.1) is 0 Å². The van der Waals surface area contributed by atoms with E-state index in [-0.39, 0.29) is 0 Å². The van der Waals surface area contributed by atoms with Crippen LogP contribution in [0.3, 0.4) is 0 Å². The second kappa shape index (κ2) is 10.3. The lowest BCUT2D eigenvalue weighted by molar-refractivity contribution is 0.270. The quantitative estimate of drug-likeness (QED) is 0.719. The minimum Gasteiger partial charge on any atom is -0.311 e. The van der Waals surface area contributed by atoms with Crippen molar-refractivity contribution in [1.29, 1.82) is 0 Å². The molecule has 2 heterocycles. The summed E-state index contributed by atoms with van der Waals surface area (Å²) in [5.74, 6) is 0. The molecule has 2 aromatic rings. The normalized spacial score (nSPS) is 16.8. The number of aromatic nitrogens is 1. The summed E-state index contributed by atoms with van der Waals surface area (Å²) in [6.45, 7) is 9.03. The van der Waals surface area contributed by atoms with E-state index in [0.717, 1.165) is 58.9 Å². The molecule has 1 aliphatic heterocycles. The summed E-state index contributed by atoms with van der Waals surface area (Å²) in [7, 11) is 0. The van der Waals surface area contributed by atoms with Crippen molar-refractivity contribution >= 4 is 0 Å². The molecule has 5 heteroatoms. The van der Waals surface area contributed by atoms with Crippen LogP contribution in [0, 0.1) is 0 Å². The molecule has 3 N–H and O–H groups in total. The fourth-order valence-electron chi connectivity index (χ4n) is 3.10. The molecule has 0 fully saturated rings. The third kappa shape index (κ3) is 6.55. The van der Waals surface area contributed by atoms with Crippen LogP contribution in [-0.2, 0) is 19.6 Å². The van der Waals surface area contributed by atoms with Gasteiger partial charge in [0.05, 0.1) is 0 Å². The number of hydrogen-bond acceptors (Lipinski definition) is 5. The van der Waals surface area contributed by atoms with Crippen LogP contribution < -0.4 is 16.0 Å². The van der Waals surface area contributed by atoms with E-state index in [0.29, 0.717) is 0 Å². The highest BCUT2D eigenvalue weighted by molar-refractivity contribution is 5.23. The summed E-state index contributed by atoms with van der Waals surface area (Å²) in [5, 5.41) is 10.7. The number of pyridine rings is 1. The standard InChI is InChI=1S/C20H29N5/c1-3-18-13-19(4-1)15-23-8-11-25(10-7-22-14-18)12-9-24-17-20-5-2-6-21-16-20/h1-6,13,16,22-24H,7-12,14-15,17H2. The van der Waals surface area contributed by atoms with Crippen LogP contribution in [0.4, 0.5) is 0 Å². The first-order valence-corrected chi connectivity index (χ1v) is 9.21.